The molecule has 0 unspecified atom stereocenters. The Morgan fingerprint density at radius 2 is 1.95 bits per heavy atom. The Kier molecular flexibility index (Phi) is 5.06. The van der Waals surface area contributed by atoms with E-state index in [2.05, 4.69) is 27.2 Å². The minimum atomic E-state index is -3.52. The van der Waals surface area contributed by atoms with E-state index in [4.69, 9.17) is 0 Å². The van der Waals surface area contributed by atoms with Gasteiger partial charge in [0, 0.05) is 13.1 Å². The summed E-state index contributed by atoms with van der Waals surface area (Å²) in [6.45, 7) is 4.84. The van der Waals surface area contributed by atoms with Gasteiger partial charge in [-0.2, -0.15) is 5.10 Å². The molecule has 3 N–H and O–H groups in total. The van der Waals surface area contributed by atoms with E-state index < -0.39 is 10.0 Å². The Morgan fingerprint density at radius 3 is 2.57 bits per heavy atom. The van der Waals surface area contributed by atoms with Crippen molar-refractivity contribution >= 4 is 10.0 Å². The van der Waals surface area contributed by atoms with Crippen LogP contribution in [0.5, 0.6) is 0 Å². The van der Waals surface area contributed by atoms with Gasteiger partial charge in [-0.25, -0.2) is 13.1 Å². The van der Waals surface area contributed by atoms with Crippen molar-refractivity contribution < 1.29 is 8.42 Å². The molecule has 0 spiro atoms. The molecule has 1 aromatic rings. The largest absolute Gasteiger partial charge is 0.314 e. The fourth-order valence-electron chi connectivity index (χ4n) is 3.04. The maximum absolute atomic E-state index is 12.6. The second kappa shape index (κ2) is 6.46. The van der Waals surface area contributed by atoms with Crippen LogP contribution in [0.2, 0.25) is 0 Å². The molecular formula is C14H26N4O2S. The van der Waals surface area contributed by atoms with Gasteiger partial charge >= 0.3 is 0 Å². The van der Waals surface area contributed by atoms with Crippen LogP contribution in [0.3, 0.4) is 0 Å². The van der Waals surface area contributed by atoms with E-state index in [0.29, 0.717) is 24.5 Å². The number of nitrogens with zero attached hydrogens (tertiary/aromatic N) is 1. The van der Waals surface area contributed by atoms with Gasteiger partial charge in [-0.05, 0) is 32.2 Å². The van der Waals surface area contributed by atoms with Gasteiger partial charge in [0.15, 0.2) is 0 Å². The fraction of sp³-hybridized carbons (Fsp3) is 0.786. The normalized spacial score (nSPS) is 18.8. The maximum atomic E-state index is 12.6. The highest BCUT2D eigenvalue weighted by Gasteiger charge is 2.30. The van der Waals surface area contributed by atoms with Crippen molar-refractivity contribution in [2.45, 2.75) is 57.4 Å². The minimum absolute atomic E-state index is 0.0755. The number of hydrogen-bond donors (Lipinski definition) is 3. The molecule has 7 heteroatoms. The second-order valence-electron chi connectivity index (χ2n) is 6.35. The van der Waals surface area contributed by atoms with Crippen LogP contribution in [-0.2, 0) is 16.6 Å². The fourth-order valence-corrected chi connectivity index (χ4v) is 4.60. The predicted molar refractivity (Wildman–Crippen MR) is 82.5 cm³/mol. The molecule has 0 amide bonds. The number of rotatable bonds is 6. The van der Waals surface area contributed by atoms with Gasteiger partial charge in [-0.3, -0.25) is 5.10 Å². The predicted octanol–water partition coefficient (Wildman–Crippen LogP) is 1.69. The first kappa shape index (κ1) is 16.5. The van der Waals surface area contributed by atoms with Gasteiger partial charge in [-0.15, -0.1) is 0 Å². The lowest BCUT2D eigenvalue weighted by Crippen LogP contribution is -2.37. The van der Waals surface area contributed by atoms with Gasteiger partial charge in [0.2, 0.25) is 10.0 Å². The Morgan fingerprint density at radius 1 is 1.29 bits per heavy atom. The van der Waals surface area contributed by atoms with Crippen molar-refractivity contribution in [3.05, 3.63) is 11.4 Å². The molecular weight excluding hydrogens is 288 g/mol. The first-order valence-electron chi connectivity index (χ1n) is 7.56. The van der Waals surface area contributed by atoms with Crippen LogP contribution in [0, 0.1) is 12.3 Å². The molecule has 1 aliphatic carbocycles. The van der Waals surface area contributed by atoms with Gasteiger partial charge in [0.05, 0.1) is 11.4 Å². The monoisotopic (exact) mass is 314 g/mol. The summed E-state index contributed by atoms with van der Waals surface area (Å²) < 4.78 is 28.0. The third kappa shape index (κ3) is 3.84. The van der Waals surface area contributed by atoms with Crippen molar-refractivity contribution in [2.24, 2.45) is 5.41 Å². The van der Waals surface area contributed by atoms with Gasteiger partial charge in [0.1, 0.15) is 4.90 Å². The standard InChI is InChI=1S/C14H26N4O2S/c1-11-13(12(9-15-3)18-17-11)21(19,20)16-10-14(2)7-5-4-6-8-14/h15-16H,4-10H2,1-3H3,(H,17,18). The lowest BCUT2D eigenvalue weighted by Gasteiger charge is -2.33. The molecule has 1 saturated carbocycles. The second-order valence-corrected chi connectivity index (χ2v) is 8.05. The lowest BCUT2D eigenvalue weighted by atomic mass is 9.76. The quantitative estimate of drug-likeness (QED) is 0.745. The summed E-state index contributed by atoms with van der Waals surface area (Å²) in [7, 11) is -1.75. The molecule has 1 aromatic heterocycles. The summed E-state index contributed by atoms with van der Waals surface area (Å²) in [5.74, 6) is 0. The third-order valence-corrected chi connectivity index (χ3v) is 5.93. The molecule has 1 heterocycles. The smallest absolute Gasteiger partial charge is 0.244 e. The van der Waals surface area contributed by atoms with Gasteiger partial charge < -0.3 is 5.32 Å². The van der Waals surface area contributed by atoms with Gasteiger partial charge in [0.25, 0.3) is 0 Å². The Labute approximate surface area is 127 Å². The molecule has 2 rings (SSSR count). The Hall–Kier alpha value is -0.920. The van der Waals surface area contributed by atoms with Crippen LogP contribution in [0.25, 0.3) is 0 Å². The highest BCUT2D eigenvalue weighted by atomic mass is 32.2. The number of H-pyrrole nitrogens is 1. The first-order valence-corrected chi connectivity index (χ1v) is 9.04. The molecule has 0 aliphatic heterocycles. The minimum Gasteiger partial charge on any atom is -0.314 e. The summed E-state index contributed by atoms with van der Waals surface area (Å²) in [6.07, 6.45) is 5.81. The highest BCUT2D eigenvalue weighted by molar-refractivity contribution is 7.89. The maximum Gasteiger partial charge on any atom is 0.244 e. The summed E-state index contributed by atoms with van der Waals surface area (Å²) in [6, 6.07) is 0. The summed E-state index contributed by atoms with van der Waals surface area (Å²) >= 11 is 0. The van der Waals surface area contributed by atoms with E-state index in [0.717, 1.165) is 12.8 Å². The van der Waals surface area contributed by atoms with E-state index in [1.165, 1.54) is 19.3 Å². The Bertz CT molecular complexity index is 574. The van der Waals surface area contributed by atoms with Gasteiger partial charge in [-0.1, -0.05) is 26.2 Å². The molecule has 0 bridgehead atoms. The molecule has 6 nitrogen and oxygen atoms in total. The zero-order valence-electron chi connectivity index (χ0n) is 13.1. The third-order valence-electron chi connectivity index (χ3n) is 4.32. The number of aryl methyl sites for hydroxylation is 1. The number of nitrogens with one attached hydrogen (secondary N) is 3. The van der Waals surface area contributed by atoms with Crippen LogP contribution in [0.4, 0.5) is 0 Å². The zero-order valence-corrected chi connectivity index (χ0v) is 13.9. The van der Waals surface area contributed by atoms with Crippen molar-refractivity contribution in [3.63, 3.8) is 0 Å². The average Bonchev–Trinajstić information content (AvgIpc) is 2.80. The summed E-state index contributed by atoms with van der Waals surface area (Å²) in [5, 5.41) is 9.79. The molecule has 21 heavy (non-hydrogen) atoms. The number of sulfonamides is 1. The zero-order chi connectivity index (χ0) is 15.5. The van der Waals surface area contributed by atoms with Crippen molar-refractivity contribution in [3.8, 4) is 0 Å². The van der Waals surface area contributed by atoms with Crippen molar-refractivity contribution in [1.29, 1.82) is 0 Å². The van der Waals surface area contributed by atoms with Crippen LogP contribution in [0.1, 0.15) is 50.4 Å². The van der Waals surface area contributed by atoms with Crippen LogP contribution < -0.4 is 10.0 Å². The van der Waals surface area contributed by atoms with E-state index in [1.807, 2.05) is 0 Å². The number of aromatic amines is 1. The highest BCUT2D eigenvalue weighted by Crippen LogP contribution is 2.35. The van der Waals surface area contributed by atoms with Crippen LogP contribution >= 0.6 is 0 Å². The SMILES string of the molecule is CNCc1n[nH]c(C)c1S(=O)(=O)NCC1(C)CCCCC1. The summed E-state index contributed by atoms with van der Waals surface area (Å²) in [5.41, 5.74) is 1.20. The van der Waals surface area contributed by atoms with Crippen molar-refractivity contribution in [1.82, 2.24) is 20.2 Å². The van der Waals surface area contributed by atoms with E-state index in [1.54, 1.807) is 14.0 Å². The first-order chi connectivity index (χ1) is 9.88. The van der Waals surface area contributed by atoms with E-state index in [9.17, 15) is 8.42 Å². The average molecular weight is 314 g/mol. The van der Waals surface area contributed by atoms with E-state index >= 15 is 0 Å². The number of aromatic nitrogens is 2. The molecule has 0 saturated heterocycles. The van der Waals surface area contributed by atoms with Crippen LogP contribution in [-0.4, -0.2) is 32.2 Å². The van der Waals surface area contributed by atoms with E-state index in [-0.39, 0.29) is 10.3 Å². The number of hydrogen-bond acceptors (Lipinski definition) is 4. The topological polar surface area (TPSA) is 86.9 Å². The van der Waals surface area contributed by atoms with Crippen molar-refractivity contribution in [2.75, 3.05) is 13.6 Å². The Balaban J connectivity index is 2.13. The molecule has 1 aliphatic rings. The van der Waals surface area contributed by atoms with Crippen LogP contribution in [0.15, 0.2) is 4.90 Å². The summed E-state index contributed by atoms with van der Waals surface area (Å²) in [4.78, 5) is 0.288. The molecule has 0 aromatic carbocycles. The molecule has 0 radical (unpaired) electrons. The molecule has 1 fully saturated rings. The molecule has 0 atom stereocenters. The lowest BCUT2D eigenvalue weighted by molar-refractivity contribution is 0.219. The molecule has 120 valence electrons.